The highest BCUT2D eigenvalue weighted by atomic mass is 35.5. The number of halogens is 2. The van der Waals surface area contributed by atoms with Gasteiger partial charge in [0.1, 0.15) is 0 Å². The Morgan fingerprint density at radius 1 is 1.11 bits per heavy atom. The summed E-state index contributed by atoms with van der Waals surface area (Å²) < 4.78 is 10.9. The Bertz CT molecular complexity index is 961. The summed E-state index contributed by atoms with van der Waals surface area (Å²) in [5, 5.41) is 8.84. The summed E-state index contributed by atoms with van der Waals surface area (Å²) in [6.07, 6.45) is 2.06. The highest BCUT2D eigenvalue weighted by Crippen LogP contribution is 2.26. The first-order chi connectivity index (χ1) is 12.9. The number of aryl methyl sites for hydroxylation is 1. The predicted molar refractivity (Wildman–Crippen MR) is 104 cm³/mol. The molecule has 2 aromatic carbocycles. The second kappa shape index (κ2) is 8.37. The third kappa shape index (κ3) is 4.76. The average molecular weight is 403 g/mol. The Balaban J connectivity index is 1.66. The summed E-state index contributed by atoms with van der Waals surface area (Å²) in [6, 6.07) is 12.8. The van der Waals surface area contributed by atoms with E-state index in [1.54, 1.807) is 25.1 Å². The molecule has 0 aliphatic carbocycles. The summed E-state index contributed by atoms with van der Waals surface area (Å²) in [6.45, 7) is 3.65. The molecule has 0 bridgehead atoms. The van der Waals surface area contributed by atoms with Crippen LogP contribution in [0.5, 0.6) is 0 Å². The molecule has 5 nitrogen and oxygen atoms in total. The largest absolute Gasteiger partial charge is 0.449 e. The fourth-order valence-corrected chi connectivity index (χ4v) is 2.82. The summed E-state index contributed by atoms with van der Waals surface area (Å²) in [5.74, 6) is 0.00274. The van der Waals surface area contributed by atoms with E-state index in [-0.39, 0.29) is 5.89 Å². The first-order valence-electron chi connectivity index (χ1n) is 8.17. The molecule has 3 aromatic rings. The molecule has 0 radical (unpaired) electrons. The Kier molecular flexibility index (Phi) is 5.94. The Morgan fingerprint density at radius 2 is 1.78 bits per heavy atom. The quantitative estimate of drug-likeness (QED) is 0.406. The zero-order valence-electron chi connectivity index (χ0n) is 14.6. The fraction of sp³-hybridized carbons (Fsp3) is 0.150. The lowest BCUT2D eigenvalue weighted by Crippen LogP contribution is -2.06. The van der Waals surface area contributed by atoms with Gasteiger partial charge < -0.3 is 9.15 Å². The molecule has 1 heterocycles. The molecule has 0 aliphatic heterocycles. The Labute approximate surface area is 166 Å². The van der Waals surface area contributed by atoms with Crippen molar-refractivity contribution in [2.45, 2.75) is 20.0 Å². The van der Waals surface area contributed by atoms with Crippen LogP contribution in [-0.4, -0.2) is 16.2 Å². The second-order valence-corrected chi connectivity index (χ2v) is 6.67. The van der Waals surface area contributed by atoms with Crippen LogP contribution in [0.4, 0.5) is 0 Å². The normalized spacial score (nSPS) is 12.3. The Hall–Kier alpha value is -2.63. The van der Waals surface area contributed by atoms with Crippen LogP contribution in [-0.2, 0) is 9.53 Å². The lowest BCUT2D eigenvalue weighted by Gasteiger charge is -2.07. The van der Waals surface area contributed by atoms with Gasteiger partial charge in [0.25, 0.3) is 5.89 Å². The van der Waals surface area contributed by atoms with Gasteiger partial charge in [-0.2, -0.15) is 0 Å². The topological polar surface area (TPSA) is 65.2 Å². The maximum atomic E-state index is 12.1. The van der Waals surface area contributed by atoms with Gasteiger partial charge in [-0.25, -0.2) is 4.79 Å². The highest BCUT2D eigenvalue weighted by molar-refractivity contribution is 6.37. The van der Waals surface area contributed by atoms with Gasteiger partial charge in [-0.05, 0) is 44.2 Å². The van der Waals surface area contributed by atoms with Gasteiger partial charge >= 0.3 is 5.97 Å². The van der Waals surface area contributed by atoms with Crippen molar-refractivity contribution in [3.63, 3.8) is 0 Å². The van der Waals surface area contributed by atoms with Gasteiger partial charge in [0.15, 0.2) is 6.10 Å². The molecule has 27 heavy (non-hydrogen) atoms. The van der Waals surface area contributed by atoms with E-state index >= 15 is 0 Å². The van der Waals surface area contributed by atoms with Crippen LogP contribution in [0, 0.1) is 6.92 Å². The molecule has 0 spiro atoms. The summed E-state index contributed by atoms with van der Waals surface area (Å²) in [7, 11) is 0. The van der Waals surface area contributed by atoms with Crippen molar-refractivity contribution in [3.8, 4) is 11.5 Å². The van der Waals surface area contributed by atoms with Crippen molar-refractivity contribution in [2.24, 2.45) is 0 Å². The molecule has 0 unspecified atom stereocenters. The van der Waals surface area contributed by atoms with Crippen molar-refractivity contribution in [3.05, 3.63) is 75.6 Å². The average Bonchev–Trinajstić information content (AvgIpc) is 3.12. The van der Waals surface area contributed by atoms with Crippen LogP contribution >= 0.6 is 23.2 Å². The van der Waals surface area contributed by atoms with Gasteiger partial charge in [-0.15, -0.1) is 10.2 Å². The molecule has 7 heteroatoms. The van der Waals surface area contributed by atoms with Crippen LogP contribution in [0.3, 0.4) is 0 Å². The number of hydrogen-bond acceptors (Lipinski definition) is 5. The smallest absolute Gasteiger partial charge is 0.331 e. The third-order valence-corrected chi connectivity index (χ3v) is 4.42. The molecule has 0 saturated heterocycles. The maximum Gasteiger partial charge on any atom is 0.331 e. The number of aromatic nitrogens is 2. The molecule has 138 valence electrons. The van der Waals surface area contributed by atoms with Crippen molar-refractivity contribution in [2.75, 3.05) is 0 Å². The summed E-state index contributed by atoms with van der Waals surface area (Å²) in [4.78, 5) is 12.1. The van der Waals surface area contributed by atoms with Crippen molar-refractivity contribution < 1.29 is 13.9 Å². The number of nitrogens with zero attached hydrogens (tertiary/aromatic N) is 2. The van der Waals surface area contributed by atoms with Gasteiger partial charge in [0.2, 0.25) is 5.89 Å². The van der Waals surface area contributed by atoms with Crippen molar-refractivity contribution in [1.82, 2.24) is 10.2 Å². The van der Waals surface area contributed by atoms with E-state index < -0.39 is 12.1 Å². The lowest BCUT2D eigenvalue weighted by atomic mass is 10.1. The first-order valence-corrected chi connectivity index (χ1v) is 8.93. The fourth-order valence-electron chi connectivity index (χ4n) is 2.30. The van der Waals surface area contributed by atoms with Gasteiger partial charge in [-0.1, -0.05) is 47.0 Å². The van der Waals surface area contributed by atoms with E-state index in [0.29, 0.717) is 21.5 Å². The van der Waals surface area contributed by atoms with E-state index in [4.69, 9.17) is 32.4 Å². The van der Waals surface area contributed by atoms with Crippen LogP contribution < -0.4 is 0 Å². The third-order valence-electron chi connectivity index (χ3n) is 3.77. The van der Waals surface area contributed by atoms with Gasteiger partial charge in [-0.3, -0.25) is 0 Å². The minimum Gasteiger partial charge on any atom is -0.449 e. The van der Waals surface area contributed by atoms with Crippen LogP contribution in [0.25, 0.3) is 17.5 Å². The van der Waals surface area contributed by atoms with E-state index in [9.17, 15) is 4.79 Å². The second-order valence-electron chi connectivity index (χ2n) is 5.86. The molecule has 0 fully saturated rings. The van der Waals surface area contributed by atoms with Crippen LogP contribution in [0.2, 0.25) is 10.0 Å². The van der Waals surface area contributed by atoms with Crippen molar-refractivity contribution in [1.29, 1.82) is 0 Å². The monoisotopic (exact) mass is 402 g/mol. The van der Waals surface area contributed by atoms with Gasteiger partial charge in [0, 0.05) is 27.2 Å². The van der Waals surface area contributed by atoms with Crippen molar-refractivity contribution >= 4 is 35.2 Å². The maximum absolute atomic E-state index is 12.1. The van der Waals surface area contributed by atoms with E-state index in [2.05, 4.69) is 10.2 Å². The van der Waals surface area contributed by atoms with E-state index in [1.807, 2.05) is 31.2 Å². The van der Waals surface area contributed by atoms with Gasteiger partial charge in [0.05, 0.1) is 0 Å². The SMILES string of the molecule is Cc1ccc(-c2nnc([C@H](C)OC(=O)/C=C/c3c(Cl)cccc3Cl)o2)cc1. The molecule has 0 aliphatic rings. The number of rotatable bonds is 5. The number of carbonyl (C=O) groups excluding carboxylic acids is 1. The number of esters is 1. The molecule has 0 amide bonds. The Morgan fingerprint density at radius 3 is 2.44 bits per heavy atom. The van der Waals surface area contributed by atoms with E-state index in [0.717, 1.165) is 11.1 Å². The number of hydrogen-bond donors (Lipinski definition) is 0. The molecular formula is C20H16Cl2N2O3. The predicted octanol–water partition coefficient (Wildman–Crippen LogP) is 5.67. The molecule has 1 aromatic heterocycles. The number of benzene rings is 2. The minimum atomic E-state index is -0.699. The zero-order valence-corrected chi connectivity index (χ0v) is 16.2. The number of carbonyl (C=O) groups is 1. The molecule has 0 saturated carbocycles. The first kappa shape index (κ1) is 19.1. The molecular weight excluding hydrogens is 387 g/mol. The van der Waals surface area contributed by atoms with Crippen LogP contribution in [0.1, 0.15) is 30.0 Å². The zero-order chi connectivity index (χ0) is 19.4. The van der Waals surface area contributed by atoms with Crippen LogP contribution in [0.15, 0.2) is 53.0 Å². The number of ether oxygens (including phenoxy) is 1. The van der Waals surface area contributed by atoms with E-state index in [1.165, 1.54) is 12.2 Å². The summed E-state index contributed by atoms with van der Waals surface area (Å²) in [5.41, 5.74) is 2.47. The standard InChI is InChI=1S/C20H16Cl2N2O3/c1-12-6-8-14(9-7-12)20-24-23-19(27-20)13(2)26-18(25)11-10-15-16(21)4-3-5-17(15)22/h3-11,13H,1-2H3/b11-10+/t13-/m0/s1. The molecule has 3 rings (SSSR count). The molecule has 0 N–H and O–H groups in total. The minimum absolute atomic E-state index is 0.211. The highest BCUT2D eigenvalue weighted by Gasteiger charge is 2.18. The molecule has 1 atom stereocenters. The summed E-state index contributed by atoms with van der Waals surface area (Å²) >= 11 is 12.1. The lowest BCUT2D eigenvalue weighted by molar-refractivity contribution is -0.143.